The monoisotopic (exact) mass is 204 g/mol. The number of allylic oxidation sites excluding steroid dienone is 2. The molecule has 0 aromatic rings. The standard InChI is InChI=1S/C6H9BrN2O/c1-4(8)2-5(9)6(10)3-7/h2,8H,3,9H2,1H3/b5-2-,8-4?. The zero-order valence-electron chi connectivity index (χ0n) is 5.65. The molecule has 0 aliphatic rings. The van der Waals surface area contributed by atoms with Crippen LogP contribution in [-0.2, 0) is 4.79 Å². The summed E-state index contributed by atoms with van der Waals surface area (Å²) < 4.78 is 0. The van der Waals surface area contributed by atoms with Gasteiger partial charge >= 0.3 is 0 Å². The number of rotatable bonds is 3. The van der Waals surface area contributed by atoms with Gasteiger partial charge in [-0.1, -0.05) is 15.9 Å². The van der Waals surface area contributed by atoms with Crippen molar-refractivity contribution in [3.05, 3.63) is 11.8 Å². The van der Waals surface area contributed by atoms with E-state index >= 15 is 0 Å². The second-order valence-electron chi connectivity index (χ2n) is 1.84. The van der Waals surface area contributed by atoms with Crippen molar-refractivity contribution in [3.63, 3.8) is 0 Å². The van der Waals surface area contributed by atoms with Crippen LogP contribution in [0.15, 0.2) is 11.8 Å². The van der Waals surface area contributed by atoms with Crippen molar-refractivity contribution >= 4 is 27.4 Å². The highest BCUT2D eigenvalue weighted by atomic mass is 79.9. The second kappa shape index (κ2) is 4.22. The van der Waals surface area contributed by atoms with Crippen LogP contribution in [0.5, 0.6) is 0 Å². The Morgan fingerprint density at radius 2 is 2.30 bits per heavy atom. The lowest BCUT2D eigenvalue weighted by atomic mass is 10.2. The minimum Gasteiger partial charge on any atom is -0.396 e. The van der Waals surface area contributed by atoms with E-state index in [9.17, 15) is 4.79 Å². The molecule has 3 nitrogen and oxygen atoms in total. The van der Waals surface area contributed by atoms with Crippen LogP contribution in [0.1, 0.15) is 6.92 Å². The maximum Gasteiger partial charge on any atom is 0.189 e. The first-order valence-electron chi connectivity index (χ1n) is 2.69. The first kappa shape index (κ1) is 9.36. The van der Waals surface area contributed by atoms with Crippen LogP contribution < -0.4 is 5.73 Å². The molecule has 0 aromatic carbocycles. The van der Waals surface area contributed by atoms with Gasteiger partial charge in [-0.25, -0.2) is 0 Å². The van der Waals surface area contributed by atoms with Crippen molar-refractivity contribution in [3.8, 4) is 0 Å². The Bertz CT molecular complexity index is 186. The van der Waals surface area contributed by atoms with Crippen molar-refractivity contribution in [2.24, 2.45) is 5.73 Å². The van der Waals surface area contributed by atoms with Gasteiger partial charge in [0.2, 0.25) is 0 Å². The van der Waals surface area contributed by atoms with Gasteiger partial charge in [0.25, 0.3) is 0 Å². The Morgan fingerprint density at radius 1 is 1.80 bits per heavy atom. The van der Waals surface area contributed by atoms with Gasteiger partial charge in [-0.15, -0.1) is 0 Å². The van der Waals surface area contributed by atoms with E-state index in [0.29, 0.717) is 0 Å². The zero-order valence-corrected chi connectivity index (χ0v) is 7.23. The number of ketones is 1. The molecule has 0 unspecified atom stereocenters. The zero-order chi connectivity index (χ0) is 8.15. The van der Waals surface area contributed by atoms with Crippen LogP contribution in [0.25, 0.3) is 0 Å². The fourth-order valence-corrected chi connectivity index (χ4v) is 0.715. The molecule has 0 aliphatic heterocycles. The van der Waals surface area contributed by atoms with Gasteiger partial charge in [0.1, 0.15) is 0 Å². The minimum atomic E-state index is -0.188. The molecule has 0 rings (SSSR count). The van der Waals surface area contributed by atoms with Crippen molar-refractivity contribution < 1.29 is 4.79 Å². The van der Waals surface area contributed by atoms with Crippen molar-refractivity contribution in [2.75, 3.05) is 5.33 Å². The summed E-state index contributed by atoms with van der Waals surface area (Å²) in [5, 5.41) is 7.18. The van der Waals surface area contributed by atoms with Gasteiger partial charge in [-0.05, 0) is 13.0 Å². The predicted molar refractivity (Wildman–Crippen MR) is 44.5 cm³/mol. The van der Waals surface area contributed by atoms with Gasteiger partial charge in [-0.2, -0.15) is 0 Å². The summed E-state index contributed by atoms with van der Waals surface area (Å²) >= 11 is 2.96. The molecule has 0 aliphatic carbocycles. The molecule has 0 aromatic heterocycles. The molecule has 10 heavy (non-hydrogen) atoms. The number of nitrogens with one attached hydrogen (secondary N) is 1. The Kier molecular flexibility index (Phi) is 3.95. The Hall–Kier alpha value is -0.640. The molecule has 0 saturated heterocycles. The Balaban J connectivity index is 4.19. The molecular weight excluding hydrogens is 196 g/mol. The summed E-state index contributed by atoms with van der Waals surface area (Å²) in [7, 11) is 0. The summed E-state index contributed by atoms with van der Waals surface area (Å²) in [6.07, 6.45) is 1.34. The quantitative estimate of drug-likeness (QED) is 0.407. The van der Waals surface area contributed by atoms with E-state index in [1.54, 1.807) is 6.92 Å². The van der Waals surface area contributed by atoms with Gasteiger partial charge in [0.15, 0.2) is 5.78 Å². The van der Waals surface area contributed by atoms with Crippen LogP contribution in [0.2, 0.25) is 0 Å². The Morgan fingerprint density at radius 3 is 2.60 bits per heavy atom. The number of hydrogen-bond acceptors (Lipinski definition) is 3. The summed E-state index contributed by atoms with van der Waals surface area (Å²) in [5.74, 6) is -0.188. The van der Waals surface area contributed by atoms with Gasteiger partial charge in [-0.3, -0.25) is 4.79 Å². The van der Waals surface area contributed by atoms with E-state index < -0.39 is 0 Å². The number of carbonyl (C=O) groups excluding carboxylic acids is 1. The maximum absolute atomic E-state index is 10.7. The number of carbonyl (C=O) groups is 1. The summed E-state index contributed by atoms with van der Waals surface area (Å²) in [4.78, 5) is 10.7. The van der Waals surface area contributed by atoms with E-state index in [0.717, 1.165) is 0 Å². The van der Waals surface area contributed by atoms with Crippen molar-refractivity contribution in [2.45, 2.75) is 6.92 Å². The molecule has 0 bridgehead atoms. The normalized spacial score (nSPS) is 11.2. The number of halogens is 1. The van der Waals surface area contributed by atoms with Crippen LogP contribution in [-0.4, -0.2) is 16.8 Å². The first-order chi connectivity index (χ1) is 4.57. The van der Waals surface area contributed by atoms with Crippen LogP contribution in [0.4, 0.5) is 0 Å². The largest absolute Gasteiger partial charge is 0.396 e. The van der Waals surface area contributed by atoms with Crippen LogP contribution in [0.3, 0.4) is 0 Å². The lowest BCUT2D eigenvalue weighted by molar-refractivity contribution is -0.113. The summed E-state index contributed by atoms with van der Waals surface area (Å²) in [6.45, 7) is 1.56. The fourth-order valence-electron chi connectivity index (χ4n) is 0.391. The summed E-state index contributed by atoms with van der Waals surface area (Å²) in [5.41, 5.74) is 5.68. The topological polar surface area (TPSA) is 66.9 Å². The van der Waals surface area contributed by atoms with E-state index in [4.69, 9.17) is 11.1 Å². The molecule has 0 radical (unpaired) electrons. The highest BCUT2D eigenvalue weighted by Crippen LogP contribution is 1.91. The van der Waals surface area contributed by atoms with E-state index in [1.807, 2.05) is 0 Å². The smallest absolute Gasteiger partial charge is 0.189 e. The average Bonchev–Trinajstić information content (AvgIpc) is 1.85. The average molecular weight is 205 g/mol. The predicted octanol–water partition coefficient (Wildman–Crippen LogP) is 0.833. The highest BCUT2D eigenvalue weighted by Gasteiger charge is 2.01. The fraction of sp³-hybridized carbons (Fsp3) is 0.333. The maximum atomic E-state index is 10.7. The number of alkyl halides is 1. The molecule has 0 heterocycles. The van der Waals surface area contributed by atoms with Crippen molar-refractivity contribution in [1.29, 1.82) is 5.41 Å². The first-order valence-corrected chi connectivity index (χ1v) is 3.81. The highest BCUT2D eigenvalue weighted by molar-refractivity contribution is 9.09. The third-order valence-corrected chi connectivity index (χ3v) is 1.32. The third-order valence-electron chi connectivity index (χ3n) is 0.815. The van der Waals surface area contributed by atoms with Gasteiger partial charge in [0.05, 0.1) is 11.0 Å². The van der Waals surface area contributed by atoms with E-state index in [2.05, 4.69) is 15.9 Å². The summed E-state index contributed by atoms with van der Waals surface area (Å²) in [6, 6.07) is 0. The van der Waals surface area contributed by atoms with Gasteiger partial charge in [0, 0.05) is 5.71 Å². The molecular formula is C6H9BrN2O. The molecule has 4 heteroatoms. The molecule has 0 atom stereocenters. The molecule has 0 amide bonds. The molecule has 56 valence electrons. The van der Waals surface area contributed by atoms with E-state index in [-0.39, 0.29) is 22.5 Å². The molecule has 0 spiro atoms. The SMILES string of the molecule is CC(=N)/C=C(\N)C(=O)CBr. The van der Waals surface area contributed by atoms with Gasteiger partial charge < -0.3 is 11.1 Å². The third kappa shape index (κ3) is 3.40. The number of Topliss-reactive ketones (excluding diaryl/α,β-unsaturated/α-hetero) is 1. The molecule has 0 saturated carbocycles. The van der Waals surface area contributed by atoms with Crippen LogP contribution >= 0.6 is 15.9 Å². The van der Waals surface area contributed by atoms with Crippen molar-refractivity contribution in [1.82, 2.24) is 0 Å². The molecule has 3 N–H and O–H groups in total. The number of hydrogen-bond donors (Lipinski definition) is 2. The minimum absolute atomic E-state index is 0.129. The number of nitrogens with two attached hydrogens (primary N) is 1. The van der Waals surface area contributed by atoms with Crippen LogP contribution in [0, 0.1) is 5.41 Å². The van der Waals surface area contributed by atoms with E-state index in [1.165, 1.54) is 6.08 Å². The Labute approximate surface area is 67.9 Å². The lowest BCUT2D eigenvalue weighted by Crippen LogP contribution is -2.13. The molecule has 0 fully saturated rings. The second-order valence-corrected chi connectivity index (χ2v) is 2.40. The lowest BCUT2D eigenvalue weighted by Gasteiger charge is -1.93.